The SMILES string of the molecule is CN1c2ccccc2N(Cc2ccccc2)C[C@H]2CCC[C@H]21.Cl. The number of para-hydroxylation sites is 2. The molecule has 0 N–H and O–H groups in total. The summed E-state index contributed by atoms with van der Waals surface area (Å²) in [6.45, 7) is 2.19. The summed E-state index contributed by atoms with van der Waals surface area (Å²) in [5, 5.41) is 0. The van der Waals surface area contributed by atoms with Gasteiger partial charge in [0.05, 0.1) is 11.4 Å². The minimum absolute atomic E-state index is 0. The first-order chi connectivity index (χ1) is 10.8. The van der Waals surface area contributed by atoms with Crippen LogP contribution in [0, 0.1) is 5.92 Å². The van der Waals surface area contributed by atoms with Crippen LogP contribution in [-0.4, -0.2) is 19.6 Å². The molecule has 1 heterocycles. The van der Waals surface area contributed by atoms with Gasteiger partial charge in [0, 0.05) is 26.2 Å². The van der Waals surface area contributed by atoms with Crippen LogP contribution in [0.15, 0.2) is 54.6 Å². The van der Waals surface area contributed by atoms with Gasteiger partial charge in [0.2, 0.25) is 0 Å². The summed E-state index contributed by atoms with van der Waals surface area (Å²) in [6, 6.07) is 20.5. The molecule has 2 nitrogen and oxygen atoms in total. The molecule has 2 aromatic carbocycles. The average Bonchev–Trinajstić information content (AvgIpc) is 2.99. The molecule has 4 rings (SSSR count). The van der Waals surface area contributed by atoms with Gasteiger partial charge >= 0.3 is 0 Å². The molecule has 0 radical (unpaired) electrons. The molecule has 0 amide bonds. The van der Waals surface area contributed by atoms with Gasteiger partial charge in [-0.25, -0.2) is 0 Å². The van der Waals surface area contributed by atoms with Crippen LogP contribution in [0.5, 0.6) is 0 Å². The molecule has 1 fully saturated rings. The third kappa shape index (κ3) is 3.05. The molecule has 0 spiro atoms. The largest absolute Gasteiger partial charge is 0.370 e. The van der Waals surface area contributed by atoms with Crippen molar-refractivity contribution < 1.29 is 0 Å². The maximum Gasteiger partial charge on any atom is 0.0607 e. The van der Waals surface area contributed by atoms with Gasteiger partial charge in [-0.1, -0.05) is 48.9 Å². The predicted octanol–water partition coefficient (Wildman–Crippen LogP) is 4.73. The first-order valence-corrected chi connectivity index (χ1v) is 8.43. The highest BCUT2D eigenvalue weighted by atomic mass is 35.5. The Kier molecular flexibility index (Phi) is 4.82. The van der Waals surface area contributed by atoms with E-state index in [4.69, 9.17) is 0 Å². The fourth-order valence-corrected chi connectivity index (χ4v) is 4.28. The van der Waals surface area contributed by atoms with E-state index < -0.39 is 0 Å². The van der Waals surface area contributed by atoms with Crippen molar-refractivity contribution in [1.29, 1.82) is 0 Å². The molecule has 0 aromatic heterocycles. The summed E-state index contributed by atoms with van der Waals surface area (Å²) in [4.78, 5) is 5.13. The standard InChI is InChI=1S/C20H24N2.ClH/c1-21-18-13-7-10-17(18)15-22(14-16-8-3-2-4-9-16)20-12-6-5-11-19(20)21;/h2-6,8-9,11-12,17-18H,7,10,13-15H2,1H3;1H/t17-,18-;/m1./s1. The second kappa shape index (κ2) is 6.84. The summed E-state index contributed by atoms with van der Waals surface area (Å²) in [7, 11) is 2.29. The number of benzene rings is 2. The summed E-state index contributed by atoms with van der Waals surface area (Å²) in [5.41, 5.74) is 4.19. The third-order valence-corrected chi connectivity index (χ3v) is 5.39. The minimum atomic E-state index is 0. The minimum Gasteiger partial charge on any atom is -0.370 e. The van der Waals surface area contributed by atoms with Crippen molar-refractivity contribution in [3.8, 4) is 0 Å². The molecule has 1 aliphatic carbocycles. The number of nitrogens with zero attached hydrogens (tertiary/aromatic N) is 2. The summed E-state index contributed by atoms with van der Waals surface area (Å²) in [5.74, 6) is 0.793. The highest BCUT2D eigenvalue weighted by Crippen LogP contribution is 2.41. The van der Waals surface area contributed by atoms with Gasteiger partial charge in [0.1, 0.15) is 0 Å². The van der Waals surface area contributed by atoms with Crippen LogP contribution in [0.4, 0.5) is 11.4 Å². The Morgan fingerprint density at radius 2 is 1.61 bits per heavy atom. The number of rotatable bonds is 2. The first-order valence-electron chi connectivity index (χ1n) is 8.43. The maximum absolute atomic E-state index is 2.59. The quantitative estimate of drug-likeness (QED) is 0.786. The van der Waals surface area contributed by atoms with E-state index in [-0.39, 0.29) is 12.4 Å². The maximum atomic E-state index is 2.59. The fraction of sp³-hybridized carbons (Fsp3) is 0.400. The Morgan fingerprint density at radius 1 is 0.913 bits per heavy atom. The molecular weight excluding hydrogens is 304 g/mol. The Balaban J connectivity index is 0.00000156. The van der Waals surface area contributed by atoms with E-state index in [2.05, 4.69) is 71.4 Å². The Labute approximate surface area is 145 Å². The topological polar surface area (TPSA) is 6.48 Å². The van der Waals surface area contributed by atoms with Gasteiger partial charge in [-0.15, -0.1) is 12.4 Å². The van der Waals surface area contributed by atoms with Gasteiger partial charge in [-0.2, -0.15) is 0 Å². The molecular formula is C20H25ClN2. The fourth-order valence-electron chi connectivity index (χ4n) is 4.28. The van der Waals surface area contributed by atoms with E-state index >= 15 is 0 Å². The summed E-state index contributed by atoms with van der Waals surface area (Å²) >= 11 is 0. The van der Waals surface area contributed by atoms with Gasteiger partial charge in [-0.05, 0) is 36.5 Å². The zero-order valence-electron chi connectivity index (χ0n) is 13.7. The van der Waals surface area contributed by atoms with Crippen molar-refractivity contribution in [2.75, 3.05) is 23.4 Å². The molecule has 0 saturated heterocycles. The number of fused-ring (bicyclic) bond motifs is 2. The molecule has 3 heteroatoms. The van der Waals surface area contributed by atoms with Gasteiger partial charge in [0.25, 0.3) is 0 Å². The van der Waals surface area contributed by atoms with Crippen molar-refractivity contribution >= 4 is 23.8 Å². The Bertz CT molecular complexity index is 643. The van der Waals surface area contributed by atoms with Gasteiger partial charge in [-0.3, -0.25) is 0 Å². The average molecular weight is 329 g/mol. The molecule has 1 saturated carbocycles. The first kappa shape index (κ1) is 16.2. The van der Waals surface area contributed by atoms with E-state index in [9.17, 15) is 0 Å². The lowest BCUT2D eigenvalue weighted by Crippen LogP contribution is -2.36. The van der Waals surface area contributed by atoms with Crippen molar-refractivity contribution in [3.63, 3.8) is 0 Å². The third-order valence-electron chi connectivity index (χ3n) is 5.39. The zero-order chi connectivity index (χ0) is 14.9. The van der Waals surface area contributed by atoms with Crippen molar-refractivity contribution in [2.45, 2.75) is 31.8 Å². The Morgan fingerprint density at radius 3 is 2.39 bits per heavy atom. The number of halogens is 1. The van der Waals surface area contributed by atoms with Gasteiger partial charge < -0.3 is 9.80 Å². The van der Waals surface area contributed by atoms with E-state index in [1.165, 1.54) is 42.7 Å². The monoisotopic (exact) mass is 328 g/mol. The second-order valence-electron chi connectivity index (χ2n) is 6.72. The molecule has 2 atom stereocenters. The highest BCUT2D eigenvalue weighted by molar-refractivity contribution is 5.85. The lowest BCUT2D eigenvalue weighted by Gasteiger charge is -2.28. The Hall–Kier alpha value is -1.67. The normalized spacial score (nSPS) is 22.8. The molecule has 122 valence electrons. The van der Waals surface area contributed by atoms with Crippen LogP contribution < -0.4 is 9.80 Å². The van der Waals surface area contributed by atoms with Crippen molar-refractivity contribution in [2.24, 2.45) is 5.92 Å². The van der Waals surface area contributed by atoms with E-state index in [0.29, 0.717) is 6.04 Å². The van der Waals surface area contributed by atoms with Crippen LogP contribution in [0.1, 0.15) is 24.8 Å². The molecule has 2 aromatic rings. The van der Waals surface area contributed by atoms with Crippen LogP contribution in [-0.2, 0) is 6.54 Å². The lowest BCUT2D eigenvalue weighted by atomic mass is 10.0. The van der Waals surface area contributed by atoms with Crippen LogP contribution in [0.3, 0.4) is 0 Å². The van der Waals surface area contributed by atoms with E-state index in [1.54, 1.807) is 0 Å². The molecule has 1 aliphatic heterocycles. The second-order valence-corrected chi connectivity index (χ2v) is 6.72. The predicted molar refractivity (Wildman–Crippen MR) is 101 cm³/mol. The van der Waals surface area contributed by atoms with Crippen molar-refractivity contribution in [3.05, 3.63) is 60.2 Å². The van der Waals surface area contributed by atoms with Crippen LogP contribution in [0.2, 0.25) is 0 Å². The van der Waals surface area contributed by atoms with Gasteiger partial charge in [0.15, 0.2) is 0 Å². The lowest BCUT2D eigenvalue weighted by molar-refractivity contribution is 0.468. The van der Waals surface area contributed by atoms with E-state index in [0.717, 1.165) is 12.5 Å². The zero-order valence-corrected chi connectivity index (χ0v) is 14.5. The summed E-state index contributed by atoms with van der Waals surface area (Å²) < 4.78 is 0. The summed E-state index contributed by atoms with van der Waals surface area (Å²) in [6.07, 6.45) is 4.09. The van der Waals surface area contributed by atoms with Crippen molar-refractivity contribution in [1.82, 2.24) is 0 Å². The number of hydrogen-bond acceptors (Lipinski definition) is 2. The molecule has 0 bridgehead atoms. The highest BCUT2D eigenvalue weighted by Gasteiger charge is 2.36. The van der Waals surface area contributed by atoms with Crippen LogP contribution in [0.25, 0.3) is 0 Å². The van der Waals surface area contributed by atoms with Crippen LogP contribution >= 0.6 is 12.4 Å². The molecule has 23 heavy (non-hydrogen) atoms. The number of anilines is 2. The molecule has 0 unspecified atom stereocenters. The van der Waals surface area contributed by atoms with E-state index in [1.807, 2.05) is 0 Å². The smallest absolute Gasteiger partial charge is 0.0607 e. The number of hydrogen-bond donors (Lipinski definition) is 0. The molecule has 2 aliphatic rings.